The lowest BCUT2D eigenvalue weighted by molar-refractivity contribution is 0.0966. The van der Waals surface area contributed by atoms with E-state index in [1.165, 1.54) is 22.5 Å². The lowest BCUT2D eigenvalue weighted by Crippen LogP contribution is -2.36. The molecule has 6 rings (SSSR count). The fourth-order valence-electron chi connectivity index (χ4n) is 5.99. The normalized spacial score (nSPS) is 23.0. The molecule has 1 aromatic carbocycles. The maximum atomic E-state index is 13.0. The highest BCUT2D eigenvalue weighted by Gasteiger charge is 2.45. The average Bonchev–Trinajstić information content (AvgIpc) is 3.36. The smallest absolute Gasteiger partial charge is 0.252 e. The molecule has 3 heterocycles. The van der Waals surface area contributed by atoms with E-state index in [1.54, 1.807) is 0 Å². The Morgan fingerprint density at radius 3 is 2.90 bits per heavy atom. The van der Waals surface area contributed by atoms with E-state index in [4.69, 9.17) is 5.73 Å². The van der Waals surface area contributed by atoms with Crippen LogP contribution >= 0.6 is 0 Å². The molecule has 2 atom stereocenters. The lowest BCUT2D eigenvalue weighted by Gasteiger charge is -2.33. The minimum atomic E-state index is 0.0444. The number of nitrogens with one attached hydrogen (secondary N) is 1. The molecule has 0 spiro atoms. The number of aryl methyl sites for hydroxylation is 1. The molecule has 4 aliphatic rings. The van der Waals surface area contributed by atoms with Gasteiger partial charge in [-0.1, -0.05) is 26.0 Å². The molecule has 0 bridgehead atoms. The second kappa shape index (κ2) is 6.00. The van der Waals surface area contributed by atoms with Crippen LogP contribution in [0.25, 0.3) is 11.1 Å². The Labute approximate surface area is 176 Å². The zero-order valence-corrected chi connectivity index (χ0v) is 17.7. The number of nitrogens with zero attached hydrogens (tertiary/aromatic N) is 3. The standard InChI is InChI=1S/C24H27N5O/c1-12(2)11-29-19-6-4-13(25)8-15(19)21-17-9-26-24(30)22(17)20-14(23(21)29)5-7-18-16(20)10-27-28(18)3/h4,6,8,10,12,15,19H,5,7,9,11,25H2,1-3H3,(H,26,30). The van der Waals surface area contributed by atoms with Gasteiger partial charge in [0.05, 0.1) is 17.8 Å². The van der Waals surface area contributed by atoms with Gasteiger partial charge in [0.2, 0.25) is 0 Å². The predicted molar refractivity (Wildman–Crippen MR) is 117 cm³/mol. The SMILES string of the molecule is CC(C)CN1c2c3c(c4c(c2C2C=C(N)C=CC21)CNC4=O)-c1cnn(C)c1CC3. The summed E-state index contributed by atoms with van der Waals surface area (Å²) in [5.41, 5.74) is 16.5. The number of carbonyl (C=O) groups is 1. The fraction of sp³-hybridized carbons (Fsp3) is 0.417. The van der Waals surface area contributed by atoms with E-state index >= 15 is 0 Å². The van der Waals surface area contributed by atoms with Crippen LogP contribution < -0.4 is 16.0 Å². The third-order valence-corrected chi connectivity index (χ3v) is 7.08. The quantitative estimate of drug-likeness (QED) is 0.811. The third-order valence-electron chi connectivity index (χ3n) is 7.08. The summed E-state index contributed by atoms with van der Waals surface area (Å²) in [7, 11) is 2.00. The van der Waals surface area contributed by atoms with Crippen molar-refractivity contribution in [2.75, 3.05) is 11.4 Å². The summed E-state index contributed by atoms with van der Waals surface area (Å²) in [6.45, 7) is 6.12. The lowest BCUT2D eigenvalue weighted by atomic mass is 9.79. The summed E-state index contributed by atoms with van der Waals surface area (Å²) in [6.07, 6.45) is 10.3. The number of hydrogen-bond donors (Lipinski definition) is 2. The molecule has 0 radical (unpaired) electrons. The van der Waals surface area contributed by atoms with E-state index in [2.05, 4.69) is 41.3 Å². The monoisotopic (exact) mass is 401 g/mol. The van der Waals surface area contributed by atoms with Crippen LogP contribution in [0.4, 0.5) is 5.69 Å². The van der Waals surface area contributed by atoms with Gasteiger partial charge in [-0.3, -0.25) is 9.48 Å². The van der Waals surface area contributed by atoms with Gasteiger partial charge in [0.15, 0.2) is 0 Å². The first kappa shape index (κ1) is 17.8. The van der Waals surface area contributed by atoms with Crippen LogP contribution in [-0.2, 0) is 26.4 Å². The van der Waals surface area contributed by atoms with Crippen molar-refractivity contribution in [3.8, 4) is 11.1 Å². The minimum absolute atomic E-state index is 0.0444. The predicted octanol–water partition coefficient (Wildman–Crippen LogP) is 2.77. The highest BCUT2D eigenvalue weighted by molar-refractivity contribution is 6.08. The molecule has 2 aliphatic heterocycles. The molecule has 3 N–H and O–H groups in total. The summed E-state index contributed by atoms with van der Waals surface area (Å²) < 4.78 is 1.96. The number of aromatic nitrogens is 2. The summed E-state index contributed by atoms with van der Waals surface area (Å²) in [5, 5.41) is 7.64. The summed E-state index contributed by atoms with van der Waals surface area (Å²) >= 11 is 0. The molecule has 1 amide bonds. The van der Waals surface area contributed by atoms with Crippen molar-refractivity contribution in [2.24, 2.45) is 18.7 Å². The molecule has 2 aliphatic carbocycles. The molecule has 6 nitrogen and oxygen atoms in total. The Balaban J connectivity index is 1.70. The summed E-state index contributed by atoms with van der Waals surface area (Å²) in [4.78, 5) is 15.6. The maximum absolute atomic E-state index is 13.0. The number of anilines is 1. The van der Waals surface area contributed by atoms with Crippen molar-refractivity contribution in [3.63, 3.8) is 0 Å². The number of hydrogen-bond acceptors (Lipinski definition) is 4. The van der Waals surface area contributed by atoms with Gasteiger partial charge < -0.3 is 16.0 Å². The zero-order chi connectivity index (χ0) is 20.7. The van der Waals surface area contributed by atoms with E-state index in [0.29, 0.717) is 12.5 Å². The van der Waals surface area contributed by atoms with Gasteiger partial charge >= 0.3 is 0 Å². The first-order valence-corrected chi connectivity index (χ1v) is 10.9. The third kappa shape index (κ3) is 2.19. The number of benzene rings is 1. The van der Waals surface area contributed by atoms with E-state index in [0.717, 1.165) is 47.3 Å². The molecule has 1 aromatic heterocycles. The van der Waals surface area contributed by atoms with Crippen LogP contribution in [0.15, 0.2) is 30.1 Å². The Morgan fingerprint density at radius 1 is 1.27 bits per heavy atom. The van der Waals surface area contributed by atoms with Crippen molar-refractivity contribution in [3.05, 3.63) is 58.1 Å². The van der Waals surface area contributed by atoms with E-state index < -0.39 is 0 Å². The topological polar surface area (TPSA) is 76.2 Å². The van der Waals surface area contributed by atoms with Crippen molar-refractivity contribution in [1.29, 1.82) is 0 Å². The number of amides is 1. The molecule has 2 aromatic rings. The Bertz CT molecular complexity index is 1170. The van der Waals surface area contributed by atoms with Crippen molar-refractivity contribution < 1.29 is 4.79 Å². The van der Waals surface area contributed by atoms with Gasteiger partial charge in [-0.2, -0.15) is 5.10 Å². The number of nitrogens with two attached hydrogens (primary N) is 1. The van der Waals surface area contributed by atoms with Crippen LogP contribution in [0, 0.1) is 5.92 Å². The highest BCUT2D eigenvalue weighted by atomic mass is 16.1. The number of allylic oxidation sites excluding steroid dienone is 1. The second-order valence-electron chi connectivity index (χ2n) is 9.37. The van der Waals surface area contributed by atoms with Crippen LogP contribution in [-0.4, -0.2) is 28.3 Å². The van der Waals surface area contributed by atoms with Crippen molar-refractivity contribution in [2.45, 2.75) is 45.2 Å². The zero-order valence-electron chi connectivity index (χ0n) is 17.7. The summed E-state index contributed by atoms with van der Waals surface area (Å²) in [5.74, 6) is 0.781. The molecule has 2 unspecified atom stereocenters. The first-order valence-electron chi connectivity index (χ1n) is 10.9. The van der Waals surface area contributed by atoms with Gasteiger partial charge in [-0.05, 0) is 41.5 Å². The molecule has 154 valence electrons. The van der Waals surface area contributed by atoms with Crippen LogP contribution in [0.1, 0.15) is 52.5 Å². The van der Waals surface area contributed by atoms with Crippen LogP contribution in [0.5, 0.6) is 0 Å². The van der Waals surface area contributed by atoms with Crippen LogP contribution in [0.3, 0.4) is 0 Å². The van der Waals surface area contributed by atoms with E-state index in [9.17, 15) is 4.79 Å². The molecule has 0 saturated heterocycles. The number of rotatable bonds is 2. The van der Waals surface area contributed by atoms with Crippen LogP contribution in [0.2, 0.25) is 0 Å². The molecule has 0 saturated carbocycles. The summed E-state index contributed by atoms with van der Waals surface area (Å²) in [6, 6.07) is 0.260. The van der Waals surface area contributed by atoms with Gasteiger partial charge in [0, 0.05) is 54.3 Å². The molecule has 0 fully saturated rings. The van der Waals surface area contributed by atoms with E-state index in [-0.39, 0.29) is 17.9 Å². The fourth-order valence-corrected chi connectivity index (χ4v) is 5.99. The van der Waals surface area contributed by atoms with Gasteiger partial charge in [0.1, 0.15) is 0 Å². The Kier molecular flexibility index (Phi) is 3.56. The number of fused-ring (bicyclic) bond motifs is 10. The molecule has 30 heavy (non-hydrogen) atoms. The van der Waals surface area contributed by atoms with E-state index in [1.807, 2.05) is 24.0 Å². The largest absolute Gasteiger partial charge is 0.399 e. The first-order chi connectivity index (χ1) is 14.5. The maximum Gasteiger partial charge on any atom is 0.252 e. The molecule has 6 heteroatoms. The van der Waals surface area contributed by atoms with Crippen molar-refractivity contribution in [1.82, 2.24) is 15.1 Å². The highest BCUT2D eigenvalue weighted by Crippen LogP contribution is 2.54. The Hall–Kier alpha value is -3.02. The minimum Gasteiger partial charge on any atom is -0.399 e. The molecular weight excluding hydrogens is 374 g/mol. The average molecular weight is 402 g/mol. The van der Waals surface area contributed by atoms with Gasteiger partial charge in [-0.25, -0.2) is 0 Å². The van der Waals surface area contributed by atoms with Gasteiger partial charge in [-0.15, -0.1) is 0 Å². The second-order valence-corrected chi connectivity index (χ2v) is 9.37. The Morgan fingerprint density at radius 2 is 2.10 bits per heavy atom. The van der Waals surface area contributed by atoms with Crippen molar-refractivity contribution >= 4 is 11.6 Å². The number of carbonyl (C=O) groups excluding carboxylic acids is 1. The molecular formula is C24H27N5O. The van der Waals surface area contributed by atoms with Gasteiger partial charge in [0.25, 0.3) is 5.91 Å².